The Balaban J connectivity index is 2.06. The van der Waals surface area contributed by atoms with Crippen LogP contribution in [0.1, 0.15) is 13.8 Å². The van der Waals surface area contributed by atoms with E-state index in [2.05, 4.69) is 4.72 Å². The molecule has 0 aliphatic heterocycles. The van der Waals surface area contributed by atoms with Crippen LogP contribution in [0.15, 0.2) is 48.5 Å². The second-order valence-electron chi connectivity index (χ2n) is 5.33. The predicted octanol–water partition coefficient (Wildman–Crippen LogP) is 4.53. The van der Waals surface area contributed by atoms with Crippen LogP contribution in [0, 0.1) is 5.92 Å². The topological polar surface area (TPSA) is 55.4 Å². The Morgan fingerprint density at radius 3 is 2.32 bits per heavy atom. The Morgan fingerprint density at radius 1 is 1.09 bits per heavy atom. The first-order valence-electron chi connectivity index (χ1n) is 6.89. The second-order valence-corrected chi connectivity index (χ2v) is 7.51. The van der Waals surface area contributed by atoms with Gasteiger partial charge < -0.3 is 4.74 Å². The predicted molar refractivity (Wildman–Crippen MR) is 90.2 cm³/mol. The summed E-state index contributed by atoms with van der Waals surface area (Å²) in [6.45, 7) is 3.72. The van der Waals surface area contributed by atoms with Crippen LogP contribution in [0.5, 0.6) is 11.5 Å². The molecule has 0 amide bonds. The van der Waals surface area contributed by atoms with Crippen LogP contribution in [0.3, 0.4) is 0 Å². The summed E-state index contributed by atoms with van der Waals surface area (Å²) in [6, 6.07) is 13.9. The number of halogens is 1. The molecule has 6 heteroatoms. The smallest absolute Gasteiger partial charge is 0.232 e. The van der Waals surface area contributed by atoms with Crippen LogP contribution in [0.2, 0.25) is 5.02 Å². The summed E-state index contributed by atoms with van der Waals surface area (Å²) >= 11 is 6.02. The molecule has 0 saturated carbocycles. The number of hydrogen-bond donors (Lipinski definition) is 1. The lowest BCUT2D eigenvalue weighted by Gasteiger charge is -2.11. The van der Waals surface area contributed by atoms with Crippen LogP contribution in [0.25, 0.3) is 0 Å². The van der Waals surface area contributed by atoms with E-state index < -0.39 is 10.0 Å². The number of hydrogen-bond acceptors (Lipinski definition) is 3. The minimum Gasteiger partial charge on any atom is -0.456 e. The van der Waals surface area contributed by atoms with Gasteiger partial charge >= 0.3 is 0 Å². The highest BCUT2D eigenvalue weighted by molar-refractivity contribution is 7.92. The SMILES string of the molecule is CC(C)CS(=O)(=O)Nc1ccc(Oc2ccccc2Cl)cc1. The summed E-state index contributed by atoms with van der Waals surface area (Å²) in [5.74, 6) is 1.29. The maximum Gasteiger partial charge on any atom is 0.232 e. The first-order valence-corrected chi connectivity index (χ1v) is 8.92. The van der Waals surface area contributed by atoms with Gasteiger partial charge in [-0.2, -0.15) is 0 Å². The second kappa shape index (κ2) is 7.03. The molecule has 22 heavy (non-hydrogen) atoms. The van der Waals surface area contributed by atoms with Crippen molar-refractivity contribution < 1.29 is 13.2 Å². The van der Waals surface area contributed by atoms with Crippen molar-refractivity contribution in [1.82, 2.24) is 0 Å². The zero-order valence-corrected chi connectivity index (χ0v) is 14.0. The van der Waals surface area contributed by atoms with Crippen LogP contribution in [0.4, 0.5) is 5.69 Å². The standard InChI is InChI=1S/C16H18ClNO3S/c1-12(2)11-22(19,20)18-13-7-9-14(10-8-13)21-16-6-4-3-5-15(16)17/h3-10,12,18H,11H2,1-2H3. The zero-order chi connectivity index (χ0) is 16.2. The zero-order valence-electron chi connectivity index (χ0n) is 12.4. The molecule has 0 aliphatic rings. The third-order valence-electron chi connectivity index (χ3n) is 2.74. The Morgan fingerprint density at radius 2 is 1.73 bits per heavy atom. The molecule has 118 valence electrons. The van der Waals surface area contributed by atoms with Crippen molar-refractivity contribution in [3.8, 4) is 11.5 Å². The molecule has 4 nitrogen and oxygen atoms in total. The highest BCUT2D eigenvalue weighted by atomic mass is 35.5. The first-order chi connectivity index (χ1) is 10.4. The van der Waals surface area contributed by atoms with E-state index in [0.717, 1.165) is 0 Å². The van der Waals surface area contributed by atoms with Gasteiger partial charge in [-0.3, -0.25) is 4.72 Å². The van der Waals surface area contributed by atoms with Gasteiger partial charge in [0.1, 0.15) is 11.5 Å². The Bertz CT molecular complexity index is 727. The fraction of sp³-hybridized carbons (Fsp3) is 0.250. The van der Waals surface area contributed by atoms with Crippen molar-refractivity contribution in [2.75, 3.05) is 10.5 Å². The summed E-state index contributed by atoms with van der Waals surface area (Å²) in [5, 5.41) is 0.518. The molecule has 0 atom stereocenters. The lowest BCUT2D eigenvalue weighted by atomic mass is 10.3. The number of rotatable bonds is 6. The van der Waals surface area contributed by atoms with Gasteiger partial charge in [-0.1, -0.05) is 37.6 Å². The fourth-order valence-electron chi connectivity index (χ4n) is 1.91. The average molecular weight is 340 g/mol. The lowest BCUT2D eigenvalue weighted by molar-refractivity contribution is 0.483. The van der Waals surface area contributed by atoms with Crippen molar-refractivity contribution in [3.05, 3.63) is 53.6 Å². The van der Waals surface area contributed by atoms with Gasteiger partial charge in [0.25, 0.3) is 0 Å². The van der Waals surface area contributed by atoms with Crippen LogP contribution in [-0.4, -0.2) is 14.2 Å². The van der Waals surface area contributed by atoms with Gasteiger partial charge in [-0.15, -0.1) is 0 Å². The van der Waals surface area contributed by atoms with E-state index >= 15 is 0 Å². The van der Waals surface area contributed by atoms with Gasteiger partial charge in [0.05, 0.1) is 10.8 Å². The van der Waals surface area contributed by atoms with E-state index in [1.807, 2.05) is 26.0 Å². The molecule has 0 radical (unpaired) electrons. The quantitative estimate of drug-likeness (QED) is 0.841. The largest absolute Gasteiger partial charge is 0.456 e. The molecule has 0 unspecified atom stereocenters. The van der Waals surface area contributed by atoms with Crippen molar-refractivity contribution in [3.63, 3.8) is 0 Å². The first kappa shape index (κ1) is 16.6. The summed E-state index contributed by atoms with van der Waals surface area (Å²) in [6.07, 6.45) is 0. The third kappa shape index (κ3) is 4.93. The Kier molecular flexibility index (Phi) is 5.32. The molecule has 0 spiro atoms. The fourth-order valence-corrected chi connectivity index (χ4v) is 3.54. The molecular formula is C16H18ClNO3S. The van der Waals surface area contributed by atoms with E-state index in [1.54, 1.807) is 36.4 Å². The molecule has 0 bridgehead atoms. The normalized spacial score (nSPS) is 11.5. The molecule has 1 N–H and O–H groups in total. The molecule has 0 fully saturated rings. The highest BCUT2D eigenvalue weighted by Gasteiger charge is 2.12. The maximum absolute atomic E-state index is 11.9. The van der Waals surface area contributed by atoms with Gasteiger partial charge in [-0.05, 0) is 42.3 Å². The highest BCUT2D eigenvalue weighted by Crippen LogP contribution is 2.29. The third-order valence-corrected chi connectivity index (χ3v) is 4.71. The Hall–Kier alpha value is -1.72. The lowest BCUT2D eigenvalue weighted by Crippen LogP contribution is -2.19. The van der Waals surface area contributed by atoms with Crippen LogP contribution in [-0.2, 0) is 10.0 Å². The van der Waals surface area contributed by atoms with Crippen LogP contribution < -0.4 is 9.46 Å². The molecule has 2 aromatic rings. The van der Waals surface area contributed by atoms with E-state index in [9.17, 15) is 8.42 Å². The number of para-hydroxylation sites is 1. The number of ether oxygens (including phenoxy) is 1. The van der Waals surface area contributed by atoms with Crippen molar-refractivity contribution in [1.29, 1.82) is 0 Å². The maximum atomic E-state index is 11.9. The molecule has 0 aromatic heterocycles. The Labute approximate surface area is 136 Å². The van der Waals surface area contributed by atoms with E-state index in [-0.39, 0.29) is 11.7 Å². The number of anilines is 1. The number of sulfonamides is 1. The van der Waals surface area contributed by atoms with Gasteiger partial charge in [-0.25, -0.2) is 8.42 Å². The summed E-state index contributed by atoms with van der Waals surface area (Å²) in [5.41, 5.74) is 0.507. The average Bonchev–Trinajstić information content (AvgIpc) is 2.41. The van der Waals surface area contributed by atoms with E-state index in [0.29, 0.717) is 22.2 Å². The van der Waals surface area contributed by atoms with Gasteiger partial charge in [0.15, 0.2) is 0 Å². The molecular weight excluding hydrogens is 322 g/mol. The van der Waals surface area contributed by atoms with Gasteiger partial charge in [0.2, 0.25) is 10.0 Å². The minimum atomic E-state index is -3.32. The van der Waals surface area contributed by atoms with Crippen LogP contribution >= 0.6 is 11.6 Å². The number of nitrogens with one attached hydrogen (secondary N) is 1. The monoisotopic (exact) mass is 339 g/mol. The van der Waals surface area contributed by atoms with E-state index in [4.69, 9.17) is 16.3 Å². The number of benzene rings is 2. The van der Waals surface area contributed by atoms with Crippen molar-refractivity contribution >= 4 is 27.3 Å². The van der Waals surface area contributed by atoms with Gasteiger partial charge in [0, 0.05) is 5.69 Å². The minimum absolute atomic E-state index is 0.0697. The molecule has 2 rings (SSSR count). The molecule has 0 saturated heterocycles. The summed E-state index contributed by atoms with van der Waals surface area (Å²) in [7, 11) is -3.32. The summed E-state index contributed by atoms with van der Waals surface area (Å²) < 4.78 is 31.9. The summed E-state index contributed by atoms with van der Waals surface area (Å²) in [4.78, 5) is 0. The molecule has 0 aliphatic carbocycles. The van der Waals surface area contributed by atoms with E-state index in [1.165, 1.54) is 0 Å². The molecule has 0 heterocycles. The van der Waals surface area contributed by atoms with Crippen molar-refractivity contribution in [2.45, 2.75) is 13.8 Å². The molecule has 2 aromatic carbocycles. The van der Waals surface area contributed by atoms with Crippen molar-refractivity contribution in [2.24, 2.45) is 5.92 Å².